The first kappa shape index (κ1) is 12.7. The van der Waals surface area contributed by atoms with Crippen LogP contribution in [0.25, 0.3) is 11.3 Å². The Kier molecular flexibility index (Phi) is 3.24. The van der Waals surface area contributed by atoms with Crippen molar-refractivity contribution in [3.63, 3.8) is 0 Å². The lowest BCUT2D eigenvalue weighted by Crippen LogP contribution is -2.15. The highest BCUT2D eigenvalue weighted by Gasteiger charge is 2.20. The molecule has 2 N–H and O–H groups in total. The third-order valence-corrected chi connectivity index (χ3v) is 5.08. The number of hydrogen-bond donors (Lipinski definition) is 2. The van der Waals surface area contributed by atoms with Crippen LogP contribution in [0.3, 0.4) is 0 Å². The summed E-state index contributed by atoms with van der Waals surface area (Å²) in [6.07, 6.45) is 7.29. The van der Waals surface area contributed by atoms with E-state index >= 15 is 0 Å². The van der Waals surface area contributed by atoms with Gasteiger partial charge in [-0.2, -0.15) is 0 Å². The highest BCUT2D eigenvalue weighted by Crippen LogP contribution is 2.35. The number of fused-ring (bicyclic) bond motifs is 1. The van der Waals surface area contributed by atoms with Gasteiger partial charge in [0.15, 0.2) is 0 Å². The molecule has 0 saturated heterocycles. The van der Waals surface area contributed by atoms with Crippen LogP contribution in [-0.4, -0.2) is 9.97 Å². The normalized spacial score (nSPS) is 17.4. The predicted octanol–water partition coefficient (Wildman–Crippen LogP) is 4.63. The zero-order valence-corrected chi connectivity index (χ0v) is 12.5. The van der Waals surface area contributed by atoms with Gasteiger partial charge in [-0.1, -0.05) is 12.1 Å². The van der Waals surface area contributed by atoms with Crippen molar-refractivity contribution < 1.29 is 0 Å². The molecule has 1 aliphatic carbocycles. The van der Waals surface area contributed by atoms with Crippen LogP contribution in [0.5, 0.6) is 0 Å². The van der Waals surface area contributed by atoms with E-state index < -0.39 is 0 Å². The zero-order valence-electron chi connectivity index (χ0n) is 11.7. The van der Waals surface area contributed by atoms with Crippen LogP contribution in [0.2, 0.25) is 0 Å². The molecule has 1 aliphatic rings. The second-order valence-corrected chi connectivity index (χ2v) is 6.43. The molecule has 3 nitrogen and oxygen atoms in total. The lowest BCUT2D eigenvalue weighted by molar-refractivity contribution is 0.609. The molecule has 2 aromatic heterocycles. The Morgan fingerprint density at radius 3 is 2.90 bits per heavy atom. The number of rotatable bonds is 3. The Hall–Kier alpha value is -2.07. The number of aryl methyl sites for hydroxylation is 1. The summed E-state index contributed by atoms with van der Waals surface area (Å²) in [7, 11) is 0. The third kappa shape index (κ3) is 2.47. The minimum Gasteiger partial charge on any atom is -0.378 e. The molecular weight excluding hydrogens is 278 g/mol. The van der Waals surface area contributed by atoms with Gasteiger partial charge in [0.25, 0.3) is 0 Å². The molecule has 0 aliphatic heterocycles. The third-order valence-electron chi connectivity index (χ3n) is 4.09. The molecule has 106 valence electrons. The quantitative estimate of drug-likeness (QED) is 0.739. The average Bonchev–Trinajstić information content (AvgIpc) is 3.20. The minimum absolute atomic E-state index is 0.456. The summed E-state index contributed by atoms with van der Waals surface area (Å²) >= 11 is 1.89. The summed E-state index contributed by atoms with van der Waals surface area (Å²) in [6, 6.07) is 11.3. The van der Waals surface area contributed by atoms with Crippen molar-refractivity contribution in [1.82, 2.24) is 9.97 Å². The van der Waals surface area contributed by atoms with Crippen molar-refractivity contribution in [1.29, 1.82) is 0 Å². The van der Waals surface area contributed by atoms with Gasteiger partial charge in [0.2, 0.25) is 0 Å². The van der Waals surface area contributed by atoms with Gasteiger partial charge >= 0.3 is 0 Å². The number of H-pyrrole nitrogens is 1. The highest BCUT2D eigenvalue weighted by molar-refractivity contribution is 7.10. The zero-order chi connectivity index (χ0) is 14.1. The van der Waals surface area contributed by atoms with Crippen LogP contribution >= 0.6 is 11.3 Å². The lowest BCUT2D eigenvalue weighted by atomic mass is 9.94. The van der Waals surface area contributed by atoms with E-state index in [9.17, 15) is 0 Å². The summed E-state index contributed by atoms with van der Waals surface area (Å²) in [4.78, 5) is 8.75. The van der Waals surface area contributed by atoms with Crippen LogP contribution in [0.15, 0.2) is 48.2 Å². The Morgan fingerprint density at radius 2 is 2.10 bits per heavy atom. The molecule has 0 spiro atoms. The topological polar surface area (TPSA) is 40.7 Å². The molecule has 4 rings (SSSR count). The van der Waals surface area contributed by atoms with Crippen LogP contribution in [0.4, 0.5) is 5.69 Å². The standard InChI is InChI=1S/C17H17N3S/c1-2-15(14-8-9-21-17(14)3-1)20-13-6-4-12(5-7-13)16-10-18-11-19-16/h4-11,15,20H,1-3H2,(H,18,19). The summed E-state index contributed by atoms with van der Waals surface area (Å²) in [6.45, 7) is 0. The minimum atomic E-state index is 0.456. The fourth-order valence-corrected chi connectivity index (χ4v) is 3.98. The first-order valence-corrected chi connectivity index (χ1v) is 8.20. The highest BCUT2D eigenvalue weighted by atomic mass is 32.1. The van der Waals surface area contributed by atoms with Crippen LogP contribution in [0.1, 0.15) is 29.3 Å². The fraction of sp³-hybridized carbons (Fsp3) is 0.235. The van der Waals surface area contributed by atoms with E-state index in [2.05, 4.69) is 51.0 Å². The number of thiophene rings is 1. The molecule has 0 amide bonds. The number of imidazole rings is 1. The van der Waals surface area contributed by atoms with Gasteiger partial charge in [-0.3, -0.25) is 0 Å². The molecule has 1 unspecified atom stereocenters. The van der Waals surface area contributed by atoms with Crippen LogP contribution in [-0.2, 0) is 6.42 Å². The Morgan fingerprint density at radius 1 is 1.19 bits per heavy atom. The molecule has 4 heteroatoms. The smallest absolute Gasteiger partial charge is 0.0924 e. The Balaban J connectivity index is 1.54. The largest absolute Gasteiger partial charge is 0.378 e. The number of aromatic nitrogens is 2. The van der Waals surface area contributed by atoms with Crippen molar-refractivity contribution in [2.75, 3.05) is 5.32 Å². The predicted molar refractivity (Wildman–Crippen MR) is 87.6 cm³/mol. The summed E-state index contributed by atoms with van der Waals surface area (Å²) < 4.78 is 0. The molecule has 1 atom stereocenters. The summed E-state index contributed by atoms with van der Waals surface area (Å²) in [5.41, 5.74) is 4.89. The molecular formula is C17H17N3S. The van der Waals surface area contributed by atoms with Gasteiger partial charge < -0.3 is 10.3 Å². The summed E-state index contributed by atoms with van der Waals surface area (Å²) in [5.74, 6) is 0. The van der Waals surface area contributed by atoms with E-state index in [4.69, 9.17) is 0 Å². The Labute approximate surface area is 128 Å². The Bertz CT molecular complexity index is 713. The first-order chi connectivity index (χ1) is 10.4. The van der Waals surface area contributed by atoms with Crippen LogP contribution in [0, 0.1) is 0 Å². The average molecular weight is 295 g/mol. The maximum Gasteiger partial charge on any atom is 0.0924 e. The number of hydrogen-bond acceptors (Lipinski definition) is 3. The fourth-order valence-electron chi connectivity index (χ4n) is 3.00. The molecule has 1 aromatic carbocycles. The number of benzene rings is 1. The monoisotopic (exact) mass is 295 g/mol. The van der Waals surface area contributed by atoms with Gasteiger partial charge in [-0.15, -0.1) is 11.3 Å². The van der Waals surface area contributed by atoms with Crippen molar-refractivity contribution in [2.45, 2.75) is 25.3 Å². The molecule has 21 heavy (non-hydrogen) atoms. The number of nitrogens with zero attached hydrogens (tertiary/aromatic N) is 1. The van der Waals surface area contributed by atoms with E-state index in [1.165, 1.54) is 30.5 Å². The number of nitrogens with one attached hydrogen (secondary N) is 2. The first-order valence-electron chi connectivity index (χ1n) is 7.32. The molecule has 0 bridgehead atoms. The number of anilines is 1. The van der Waals surface area contributed by atoms with Crippen molar-refractivity contribution in [3.8, 4) is 11.3 Å². The lowest BCUT2D eigenvalue weighted by Gasteiger charge is -2.24. The maximum absolute atomic E-state index is 4.06. The second-order valence-electron chi connectivity index (χ2n) is 5.43. The molecule has 0 radical (unpaired) electrons. The van der Waals surface area contributed by atoms with Gasteiger partial charge in [0.05, 0.1) is 24.3 Å². The molecule has 3 aromatic rings. The molecule has 0 saturated carbocycles. The molecule has 0 fully saturated rings. The van der Waals surface area contributed by atoms with E-state index in [1.54, 1.807) is 11.2 Å². The van der Waals surface area contributed by atoms with Crippen molar-refractivity contribution in [3.05, 3.63) is 58.7 Å². The van der Waals surface area contributed by atoms with E-state index in [1.807, 2.05) is 17.5 Å². The summed E-state index contributed by atoms with van der Waals surface area (Å²) in [5, 5.41) is 5.89. The SMILES string of the molecule is c1ncc(-c2ccc(NC3CCCc4sccc43)cc2)[nH]1. The molecule has 2 heterocycles. The number of aromatic amines is 1. The van der Waals surface area contributed by atoms with Gasteiger partial charge in [-0.25, -0.2) is 4.98 Å². The van der Waals surface area contributed by atoms with E-state index in [0.717, 1.165) is 11.3 Å². The van der Waals surface area contributed by atoms with E-state index in [-0.39, 0.29) is 0 Å². The van der Waals surface area contributed by atoms with Gasteiger partial charge in [0.1, 0.15) is 0 Å². The van der Waals surface area contributed by atoms with Crippen molar-refractivity contribution in [2.24, 2.45) is 0 Å². The van der Waals surface area contributed by atoms with Crippen molar-refractivity contribution >= 4 is 17.0 Å². The van der Waals surface area contributed by atoms with E-state index in [0.29, 0.717) is 6.04 Å². The van der Waals surface area contributed by atoms with Crippen LogP contribution < -0.4 is 5.32 Å². The van der Waals surface area contributed by atoms with Gasteiger partial charge in [-0.05, 0) is 54.0 Å². The van der Waals surface area contributed by atoms with Gasteiger partial charge in [0, 0.05) is 10.6 Å². The second kappa shape index (κ2) is 5.37. The maximum atomic E-state index is 4.06.